The van der Waals surface area contributed by atoms with Gasteiger partial charge in [-0.15, -0.1) is 0 Å². The van der Waals surface area contributed by atoms with Crippen LogP contribution in [0.5, 0.6) is 0 Å². The molecule has 2 heterocycles. The number of hydrogen-bond acceptors (Lipinski definition) is 2. The Kier molecular flexibility index (Phi) is 4.88. The number of aromatic nitrogens is 2. The van der Waals surface area contributed by atoms with Crippen molar-refractivity contribution in [2.45, 2.75) is 18.9 Å². The molecule has 0 saturated carbocycles. The molecule has 1 amide bonds. The Morgan fingerprint density at radius 1 is 0.879 bits per heavy atom. The van der Waals surface area contributed by atoms with E-state index in [1.165, 1.54) is 0 Å². The van der Waals surface area contributed by atoms with Crippen LogP contribution in [0.25, 0.3) is 21.8 Å². The molecule has 1 aliphatic heterocycles. The summed E-state index contributed by atoms with van der Waals surface area (Å²) in [5.74, 6) is 1.08. The van der Waals surface area contributed by atoms with Gasteiger partial charge in [-0.3, -0.25) is 4.79 Å². The lowest BCUT2D eigenvalue weighted by Gasteiger charge is -2.19. The molecule has 1 atom stereocenters. The Bertz CT molecular complexity index is 1500. The minimum atomic E-state index is 0.00589. The van der Waals surface area contributed by atoms with Gasteiger partial charge in [0.25, 0.3) is 0 Å². The summed E-state index contributed by atoms with van der Waals surface area (Å²) in [7, 11) is 0. The highest BCUT2D eigenvalue weighted by Gasteiger charge is 2.35. The van der Waals surface area contributed by atoms with E-state index in [0.717, 1.165) is 43.9 Å². The normalized spacial score (nSPS) is 16.2. The maximum atomic E-state index is 13.2. The molecule has 6 rings (SSSR count). The van der Waals surface area contributed by atoms with Gasteiger partial charge in [-0.1, -0.05) is 78.3 Å². The third-order valence-corrected chi connectivity index (χ3v) is 6.89. The van der Waals surface area contributed by atoms with Crippen LogP contribution >= 0.6 is 11.6 Å². The minimum Gasteiger partial charge on any atom is -0.323 e. The molecular weight excluding hydrogens is 430 g/mol. The lowest BCUT2D eigenvalue weighted by atomic mass is 10.1. The number of para-hydroxylation sites is 2. The molecule has 0 aliphatic carbocycles. The van der Waals surface area contributed by atoms with Crippen LogP contribution in [0.3, 0.4) is 0 Å². The number of carbonyl (C=O) groups is 1. The van der Waals surface area contributed by atoms with E-state index in [4.69, 9.17) is 16.6 Å². The van der Waals surface area contributed by atoms with Gasteiger partial charge in [-0.05, 0) is 35.2 Å². The maximum absolute atomic E-state index is 13.2. The number of benzene rings is 4. The Hall–Kier alpha value is -3.63. The number of hydrogen-bond donors (Lipinski definition) is 0. The summed E-state index contributed by atoms with van der Waals surface area (Å²) in [5, 5.41) is 2.97. The summed E-state index contributed by atoms with van der Waals surface area (Å²) in [6, 6.07) is 30.4. The topological polar surface area (TPSA) is 38.1 Å². The van der Waals surface area contributed by atoms with E-state index < -0.39 is 0 Å². The summed E-state index contributed by atoms with van der Waals surface area (Å²) in [4.78, 5) is 20.1. The van der Waals surface area contributed by atoms with Gasteiger partial charge < -0.3 is 9.47 Å². The highest BCUT2D eigenvalue weighted by molar-refractivity contribution is 6.31. The molecule has 1 fully saturated rings. The predicted octanol–water partition coefficient (Wildman–Crippen LogP) is 6.41. The van der Waals surface area contributed by atoms with Gasteiger partial charge in [-0.25, -0.2) is 4.98 Å². The molecule has 5 heteroatoms. The summed E-state index contributed by atoms with van der Waals surface area (Å²) < 4.78 is 2.22. The van der Waals surface area contributed by atoms with E-state index in [1.807, 2.05) is 71.6 Å². The van der Waals surface area contributed by atoms with Crippen molar-refractivity contribution >= 4 is 45.0 Å². The van der Waals surface area contributed by atoms with Gasteiger partial charge in [0.2, 0.25) is 5.91 Å². The number of halogens is 1. The first-order valence-electron chi connectivity index (χ1n) is 11.2. The van der Waals surface area contributed by atoms with Crippen LogP contribution in [-0.4, -0.2) is 22.0 Å². The van der Waals surface area contributed by atoms with E-state index in [9.17, 15) is 4.79 Å². The summed E-state index contributed by atoms with van der Waals surface area (Å²) in [6.45, 7) is 1.23. The van der Waals surface area contributed by atoms with Crippen LogP contribution in [0.15, 0.2) is 91.0 Å². The predicted molar refractivity (Wildman–Crippen MR) is 134 cm³/mol. The first-order valence-corrected chi connectivity index (χ1v) is 11.5. The van der Waals surface area contributed by atoms with Crippen LogP contribution in [0.4, 0.5) is 5.69 Å². The van der Waals surface area contributed by atoms with Crippen molar-refractivity contribution in [2.24, 2.45) is 0 Å². The van der Waals surface area contributed by atoms with E-state index in [-0.39, 0.29) is 11.8 Å². The summed E-state index contributed by atoms with van der Waals surface area (Å²) >= 11 is 6.49. The number of anilines is 1. The first-order chi connectivity index (χ1) is 16.2. The molecule has 0 bridgehead atoms. The third-order valence-electron chi connectivity index (χ3n) is 6.52. The second-order valence-corrected chi connectivity index (χ2v) is 8.95. The first kappa shape index (κ1) is 20.0. The molecular formula is C28H22ClN3O. The fraction of sp³-hybridized carbons (Fsp3) is 0.143. The van der Waals surface area contributed by atoms with Crippen molar-refractivity contribution in [3.05, 3.63) is 107 Å². The van der Waals surface area contributed by atoms with Crippen molar-refractivity contribution in [2.75, 3.05) is 11.4 Å². The second kappa shape index (κ2) is 8.05. The van der Waals surface area contributed by atoms with Gasteiger partial charge in [0.15, 0.2) is 0 Å². The Balaban J connectivity index is 1.41. The fourth-order valence-electron chi connectivity index (χ4n) is 4.93. The zero-order valence-electron chi connectivity index (χ0n) is 18.0. The fourth-order valence-corrected chi connectivity index (χ4v) is 5.12. The van der Waals surface area contributed by atoms with Crippen molar-refractivity contribution in [1.29, 1.82) is 0 Å². The third kappa shape index (κ3) is 3.47. The van der Waals surface area contributed by atoms with Gasteiger partial charge in [0.05, 0.1) is 23.3 Å². The standard InChI is InChI=1S/C28H22ClN3O/c29-23-12-4-2-9-20(23)17-32-26-14-6-5-13-24(26)30-28(32)21-16-27(33)31(18-21)25-15-7-10-19-8-1-3-11-22(19)25/h1-15,21H,16-18H2. The van der Waals surface area contributed by atoms with Gasteiger partial charge in [0.1, 0.15) is 5.82 Å². The number of imidazole rings is 1. The quantitative estimate of drug-likeness (QED) is 0.316. The van der Waals surface area contributed by atoms with Gasteiger partial charge >= 0.3 is 0 Å². The minimum absolute atomic E-state index is 0.00589. The molecule has 4 nitrogen and oxygen atoms in total. The molecule has 0 N–H and O–H groups in total. The van der Waals surface area contributed by atoms with Crippen LogP contribution in [-0.2, 0) is 11.3 Å². The Morgan fingerprint density at radius 2 is 1.64 bits per heavy atom. The maximum Gasteiger partial charge on any atom is 0.227 e. The molecule has 5 aromatic rings. The summed E-state index contributed by atoms with van der Waals surface area (Å²) in [5.41, 5.74) is 4.01. The van der Waals surface area contributed by atoms with Crippen molar-refractivity contribution < 1.29 is 4.79 Å². The van der Waals surface area contributed by atoms with E-state index in [1.54, 1.807) is 0 Å². The number of carbonyl (C=O) groups excluding carboxylic acids is 1. The molecule has 4 aromatic carbocycles. The van der Waals surface area contributed by atoms with Crippen LogP contribution in [0.2, 0.25) is 5.02 Å². The number of nitrogens with zero attached hydrogens (tertiary/aromatic N) is 3. The molecule has 1 unspecified atom stereocenters. The van der Waals surface area contributed by atoms with Crippen LogP contribution in [0, 0.1) is 0 Å². The molecule has 1 aliphatic rings. The van der Waals surface area contributed by atoms with Crippen molar-refractivity contribution in [3.63, 3.8) is 0 Å². The van der Waals surface area contributed by atoms with Crippen molar-refractivity contribution in [1.82, 2.24) is 9.55 Å². The molecule has 162 valence electrons. The average molecular weight is 452 g/mol. The average Bonchev–Trinajstić information content (AvgIpc) is 3.40. The molecule has 1 saturated heterocycles. The summed E-state index contributed by atoms with van der Waals surface area (Å²) in [6.07, 6.45) is 0.440. The van der Waals surface area contributed by atoms with Gasteiger partial charge in [-0.2, -0.15) is 0 Å². The van der Waals surface area contributed by atoms with E-state index in [0.29, 0.717) is 19.5 Å². The lowest BCUT2D eigenvalue weighted by molar-refractivity contribution is -0.117. The number of fused-ring (bicyclic) bond motifs is 2. The monoisotopic (exact) mass is 451 g/mol. The zero-order valence-corrected chi connectivity index (χ0v) is 18.7. The molecule has 1 aromatic heterocycles. The van der Waals surface area contributed by atoms with Crippen molar-refractivity contribution in [3.8, 4) is 0 Å². The SMILES string of the molecule is O=C1CC(c2nc3ccccc3n2Cc2ccccc2Cl)CN1c1cccc2ccccc12. The zero-order chi connectivity index (χ0) is 22.4. The number of rotatable bonds is 4. The van der Waals surface area contributed by atoms with Crippen LogP contribution in [0.1, 0.15) is 23.7 Å². The molecule has 0 spiro atoms. The second-order valence-electron chi connectivity index (χ2n) is 8.54. The largest absolute Gasteiger partial charge is 0.323 e. The van der Waals surface area contributed by atoms with E-state index >= 15 is 0 Å². The number of amides is 1. The smallest absolute Gasteiger partial charge is 0.227 e. The van der Waals surface area contributed by atoms with Gasteiger partial charge in [0, 0.05) is 29.3 Å². The molecule has 33 heavy (non-hydrogen) atoms. The van der Waals surface area contributed by atoms with Crippen LogP contribution < -0.4 is 4.90 Å². The Morgan fingerprint density at radius 3 is 2.55 bits per heavy atom. The Labute approximate surface area is 197 Å². The highest BCUT2D eigenvalue weighted by Crippen LogP contribution is 2.36. The van der Waals surface area contributed by atoms with E-state index in [2.05, 4.69) is 28.8 Å². The molecule has 0 radical (unpaired) electrons. The lowest BCUT2D eigenvalue weighted by Crippen LogP contribution is -2.24. The highest BCUT2D eigenvalue weighted by atomic mass is 35.5.